The van der Waals surface area contributed by atoms with E-state index in [4.69, 9.17) is 5.26 Å². The Kier molecular flexibility index (Phi) is 3.25. The highest BCUT2D eigenvalue weighted by Crippen LogP contribution is 2.19. The zero-order valence-corrected chi connectivity index (χ0v) is 8.70. The van der Waals surface area contributed by atoms with Gasteiger partial charge in [-0.3, -0.25) is 0 Å². The molecule has 0 saturated carbocycles. The Morgan fingerprint density at radius 2 is 2.13 bits per heavy atom. The number of rotatable bonds is 2. The number of methoxy groups -OCH3 is 1. The van der Waals surface area contributed by atoms with Crippen LogP contribution in [0.4, 0.5) is 0 Å². The van der Waals surface area contributed by atoms with E-state index in [-0.39, 0.29) is 0 Å². The fourth-order valence-corrected chi connectivity index (χ4v) is 1.25. The summed E-state index contributed by atoms with van der Waals surface area (Å²) in [5.74, 6) is -0.419. The van der Waals surface area contributed by atoms with Crippen LogP contribution in [0.15, 0.2) is 24.8 Å². The van der Waals surface area contributed by atoms with E-state index in [0.29, 0.717) is 16.7 Å². The molecule has 0 radical (unpaired) electrons. The maximum absolute atomic E-state index is 11.4. The quantitative estimate of drug-likeness (QED) is 0.690. The second kappa shape index (κ2) is 4.43. The van der Waals surface area contributed by atoms with Crippen LogP contribution in [0.2, 0.25) is 0 Å². The van der Waals surface area contributed by atoms with Crippen molar-refractivity contribution in [2.24, 2.45) is 0 Å². The fourth-order valence-electron chi connectivity index (χ4n) is 1.25. The van der Waals surface area contributed by atoms with Crippen molar-refractivity contribution in [1.82, 2.24) is 0 Å². The van der Waals surface area contributed by atoms with E-state index in [2.05, 4.69) is 11.3 Å². The van der Waals surface area contributed by atoms with Crippen LogP contribution in [0.25, 0.3) is 5.57 Å². The molecule has 1 rings (SSSR count). The number of nitrogens with zero attached hydrogens (tertiary/aromatic N) is 1. The van der Waals surface area contributed by atoms with Gasteiger partial charge in [0.15, 0.2) is 0 Å². The molecular weight excluding hydrogens is 190 g/mol. The van der Waals surface area contributed by atoms with Gasteiger partial charge in [0.25, 0.3) is 0 Å². The minimum atomic E-state index is -0.419. The summed E-state index contributed by atoms with van der Waals surface area (Å²) >= 11 is 0. The Morgan fingerprint density at radius 3 is 2.60 bits per heavy atom. The maximum Gasteiger partial charge on any atom is 0.338 e. The molecule has 0 amide bonds. The average Bonchev–Trinajstić information content (AvgIpc) is 2.27. The lowest BCUT2D eigenvalue weighted by atomic mass is 9.99. The molecule has 0 spiro atoms. The number of carbonyl (C=O) groups excluding carboxylic acids is 1. The van der Waals surface area contributed by atoms with Crippen molar-refractivity contribution in [2.45, 2.75) is 6.92 Å². The molecule has 0 unspecified atom stereocenters. The lowest BCUT2D eigenvalue weighted by molar-refractivity contribution is 0.0600. The Bertz CT molecular complexity index is 455. The number of nitriles is 1. The smallest absolute Gasteiger partial charge is 0.338 e. The normalized spacial score (nSPS) is 9.13. The predicted molar refractivity (Wildman–Crippen MR) is 57.2 cm³/mol. The first-order valence-electron chi connectivity index (χ1n) is 4.38. The lowest BCUT2D eigenvalue weighted by Crippen LogP contribution is -2.05. The minimum Gasteiger partial charge on any atom is -0.465 e. The van der Waals surface area contributed by atoms with Crippen LogP contribution < -0.4 is 0 Å². The third-order valence-corrected chi connectivity index (χ3v) is 2.01. The topological polar surface area (TPSA) is 50.1 Å². The van der Waals surface area contributed by atoms with Crippen LogP contribution in [0.5, 0.6) is 0 Å². The van der Waals surface area contributed by atoms with E-state index in [1.807, 2.05) is 6.07 Å². The number of carbonyl (C=O) groups is 1. The van der Waals surface area contributed by atoms with Crippen molar-refractivity contribution in [3.05, 3.63) is 41.5 Å². The molecule has 1 aromatic rings. The monoisotopic (exact) mass is 201 g/mol. The number of benzene rings is 1. The molecule has 3 heteroatoms. The molecule has 0 heterocycles. The largest absolute Gasteiger partial charge is 0.465 e. The summed E-state index contributed by atoms with van der Waals surface area (Å²) in [5, 5.41) is 8.73. The molecule has 0 atom stereocenters. The molecule has 0 aromatic heterocycles. The number of hydrogen-bond acceptors (Lipinski definition) is 3. The van der Waals surface area contributed by atoms with E-state index in [9.17, 15) is 4.79 Å². The van der Waals surface area contributed by atoms with E-state index >= 15 is 0 Å². The summed E-state index contributed by atoms with van der Waals surface area (Å²) in [5.41, 5.74) is 2.32. The van der Waals surface area contributed by atoms with Crippen molar-refractivity contribution in [3.8, 4) is 6.07 Å². The summed E-state index contributed by atoms with van der Waals surface area (Å²) in [6, 6.07) is 6.81. The SMILES string of the molecule is C=C(C)c1cc(C#N)ccc1C(=O)OC. The minimum absolute atomic E-state index is 0.419. The van der Waals surface area contributed by atoms with Crippen LogP contribution in [-0.2, 0) is 4.74 Å². The summed E-state index contributed by atoms with van der Waals surface area (Å²) in [4.78, 5) is 11.4. The van der Waals surface area contributed by atoms with Crippen LogP contribution in [-0.4, -0.2) is 13.1 Å². The first-order valence-corrected chi connectivity index (χ1v) is 4.38. The molecule has 15 heavy (non-hydrogen) atoms. The van der Waals surface area contributed by atoms with Crippen molar-refractivity contribution in [3.63, 3.8) is 0 Å². The molecule has 0 aliphatic carbocycles. The molecule has 1 aromatic carbocycles. The van der Waals surface area contributed by atoms with Gasteiger partial charge in [0.2, 0.25) is 0 Å². The van der Waals surface area contributed by atoms with Crippen molar-refractivity contribution < 1.29 is 9.53 Å². The Hall–Kier alpha value is -2.08. The van der Waals surface area contributed by atoms with Crippen LogP contribution >= 0.6 is 0 Å². The number of ether oxygens (including phenoxy) is 1. The van der Waals surface area contributed by atoms with Crippen LogP contribution in [0, 0.1) is 11.3 Å². The zero-order chi connectivity index (χ0) is 11.4. The Balaban J connectivity index is 3.35. The highest BCUT2D eigenvalue weighted by Gasteiger charge is 2.12. The van der Waals surface area contributed by atoms with Crippen molar-refractivity contribution in [1.29, 1.82) is 5.26 Å². The highest BCUT2D eigenvalue weighted by molar-refractivity contribution is 5.95. The molecule has 76 valence electrons. The third-order valence-electron chi connectivity index (χ3n) is 2.01. The zero-order valence-electron chi connectivity index (χ0n) is 8.70. The summed E-state index contributed by atoms with van der Waals surface area (Å²) < 4.78 is 4.64. The van der Waals surface area contributed by atoms with E-state index in [1.165, 1.54) is 7.11 Å². The van der Waals surface area contributed by atoms with Crippen molar-refractivity contribution >= 4 is 11.5 Å². The van der Waals surface area contributed by atoms with Gasteiger partial charge < -0.3 is 4.74 Å². The number of allylic oxidation sites excluding steroid dienone is 1. The van der Waals surface area contributed by atoms with Gasteiger partial charge in [0.05, 0.1) is 24.3 Å². The van der Waals surface area contributed by atoms with E-state index < -0.39 is 5.97 Å². The van der Waals surface area contributed by atoms with Crippen molar-refractivity contribution in [2.75, 3.05) is 7.11 Å². The van der Waals surface area contributed by atoms with Gasteiger partial charge in [-0.1, -0.05) is 12.2 Å². The second-order valence-electron chi connectivity index (χ2n) is 3.14. The third kappa shape index (κ3) is 2.23. The fraction of sp³-hybridized carbons (Fsp3) is 0.167. The molecule has 3 nitrogen and oxygen atoms in total. The van der Waals surface area contributed by atoms with Gasteiger partial charge in [-0.2, -0.15) is 5.26 Å². The van der Waals surface area contributed by atoms with Crippen LogP contribution in [0.1, 0.15) is 28.4 Å². The van der Waals surface area contributed by atoms with Gasteiger partial charge in [-0.15, -0.1) is 0 Å². The molecule has 0 bridgehead atoms. The van der Waals surface area contributed by atoms with E-state index in [1.54, 1.807) is 25.1 Å². The van der Waals surface area contributed by atoms with Gasteiger partial charge in [-0.25, -0.2) is 4.79 Å². The average molecular weight is 201 g/mol. The second-order valence-corrected chi connectivity index (χ2v) is 3.14. The number of hydrogen-bond donors (Lipinski definition) is 0. The van der Waals surface area contributed by atoms with Gasteiger partial charge in [0.1, 0.15) is 0 Å². The Morgan fingerprint density at radius 1 is 1.47 bits per heavy atom. The molecule has 0 aliphatic rings. The first kappa shape index (κ1) is 11.0. The molecule has 0 N–H and O–H groups in total. The molecule has 0 aliphatic heterocycles. The summed E-state index contributed by atoms with van der Waals surface area (Å²) in [6.07, 6.45) is 0. The predicted octanol–water partition coefficient (Wildman–Crippen LogP) is 2.38. The molecule has 0 fully saturated rings. The van der Waals surface area contributed by atoms with Gasteiger partial charge >= 0.3 is 5.97 Å². The Labute approximate surface area is 88.6 Å². The standard InChI is InChI=1S/C12H11NO2/c1-8(2)11-6-9(7-13)4-5-10(11)12(14)15-3/h4-6H,1H2,2-3H3. The molecule has 0 saturated heterocycles. The lowest BCUT2D eigenvalue weighted by Gasteiger charge is -2.07. The maximum atomic E-state index is 11.4. The van der Waals surface area contributed by atoms with Gasteiger partial charge in [0, 0.05) is 0 Å². The summed E-state index contributed by atoms with van der Waals surface area (Å²) in [7, 11) is 1.32. The first-order chi connectivity index (χ1) is 7.10. The summed E-state index contributed by atoms with van der Waals surface area (Å²) in [6.45, 7) is 5.54. The van der Waals surface area contributed by atoms with E-state index in [0.717, 1.165) is 5.57 Å². The molecular formula is C12H11NO2. The van der Waals surface area contributed by atoms with Crippen LogP contribution in [0.3, 0.4) is 0 Å². The number of esters is 1. The van der Waals surface area contributed by atoms with Gasteiger partial charge in [-0.05, 0) is 30.7 Å². The highest BCUT2D eigenvalue weighted by atomic mass is 16.5.